The molecule has 0 radical (unpaired) electrons. The number of carbonyl (C=O) groups is 1. The number of hydrogen-bond acceptors (Lipinski definition) is 5. The van der Waals surface area contributed by atoms with Gasteiger partial charge in [-0.25, -0.2) is 9.78 Å². The Bertz CT molecular complexity index is 548. The Balaban J connectivity index is 1.85. The van der Waals surface area contributed by atoms with Crippen molar-refractivity contribution < 1.29 is 9.90 Å². The first-order chi connectivity index (χ1) is 10.1. The van der Waals surface area contributed by atoms with E-state index in [9.17, 15) is 9.90 Å². The third kappa shape index (κ3) is 2.68. The van der Waals surface area contributed by atoms with E-state index in [0.29, 0.717) is 12.1 Å². The lowest BCUT2D eigenvalue weighted by Crippen LogP contribution is -2.59. The Morgan fingerprint density at radius 1 is 1.43 bits per heavy atom. The van der Waals surface area contributed by atoms with Gasteiger partial charge in [-0.05, 0) is 32.4 Å². The quantitative estimate of drug-likeness (QED) is 0.857. The minimum atomic E-state index is -1.000. The highest BCUT2D eigenvalue weighted by Gasteiger charge is 2.33. The lowest BCUT2D eigenvalue weighted by Gasteiger charge is -2.48. The molecule has 1 aromatic heterocycles. The first-order valence-electron chi connectivity index (χ1n) is 7.56. The van der Waals surface area contributed by atoms with Gasteiger partial charge in [-0.2, -0.15) is 0 Å². The molecule has 0 saturated carbocycles. The van der Waals surface area contributed by atoms with Crippen LogP contribution in [0, 0.1) is 0 Å². The first-order valence-corrected chi connectivity index (χ1v) is 7.56. The Morgan fingerprint density at radius 3 is 3.00 bits per heavy atom. The Labute approximate surface area is 124 Å². The number of pyridine rings is 1. The second-order valence-electron chi connectivity index (χ2n) is 6.08. The molecular formula is C15H22N4O2. The average Bonchev–Trinajstić information content (AvgIpc) is 2.47. The highest BCUT2D eigenvalue weighted by molar-refractivity contribution is 5.94. The van der Waals surface area contributed by atoms with E-state index in [1.165, 1.54) is 32.0 Å². The van der Waals surface area contributed by atoms with Gasteiger partial charge in [0, 0.05) is 25.2 Å². The molecule has 2 atom stereocenters. The summed E-state index contributed by atoms with van der Waals surface area (Å²) >= 11 is 0. The van der Waals surface area contributed by atoms with Gasteiger partial charge in [0.15, 0.2) is 0 Å². The Morgan fingerprint density at radius 2 is 2.24 bits per heavy atom. The topological polar surface area (TPSA) is 82.7 Å². The number of rotatable bonds is 2. The maximum atomic E-state index is 11.2. The number of aromatic carboxylic acids is 1. The number of fused-ring (bicyclic) bond motifs is 1. The number of hydrogen-bond donors (Lipinski definition) is 2. The molecule has 0 aromatic carbocycles. The Kier molecular flexibility index (Phi) is 3.71. The van der Waals surface area contributed by atoms with Crippen LogP contribution >= 0.6 is 0 Å². The summed E-state index contributed by atoms with van der Waals surface area (Å²) in [5, 5.41) is 9.21. The highest BCUT2D eigenvalue weighted by Crippen LogP contribution is 2.28. The molecule has 2 unspecified atom stereocenters. The number of anilines is 2. The second kappa shape index (κ2) is 5.52. The fourth-order valence-electron chi connectivity index (χ4n) is 3.47. The SMILES string of the molecule is CC1CN2CCCCC2CN1c1cc(C(=O)O)c(N)cn1. The van der Waals surface area contributed by atoms with Crippen LogP contribution < -0.4 is 10.6 Å². The van der Waals surface area contributed by atoms with E-state index in [1.807, 2.05) is 0 Å². The molecule has 2 aliphatic rings. The molecule has 6 heteroatoms. The molecule has 0 amide bonds. The van der Waals surface area contributed by atoms with Crippen molar-refractivity contribution in [2.45, 2.75) is 38.3 Å². The van der Waals surface area contributed by atoms with Crippen molar-refractivity contribution in [1.82, 2.24) is 9.88 Å². The lowest BCUT2D eigenvalue weighted by atomic mass is 9.97. The van der Waals surface area contributed by atoms with Crippen molar-refractivity contribution >= 4 is 17.5 Å². The monoisotopic (exact) mass is 290 g/mol. The van der Waals surface area contributed by atoms with Crippen LogP contribution in [0.4, 0.5) is 11.5 Å². The summed E-state index contributed by atoms with van der Waals surface area (Å²) in [7, 11) is 0. The molecule has 3 heterocycles. The van der Waals surface area contributed by atoms with Crippen molar-refractivity contribution in [2.75, 3.05) is 30.3 Å². The van der Waals surface area contributed by atoms with E-state index < -0.39 is 5.97 Å². The van der Waals surface area contributed by atoms with E-state index in [0.717, 1.165) is 18.9 Å². The second-order valence-corrected chi connectivity index (χ2v) is 6.08. The van der Waals surface area contributed by atoms with Gasteiger partial charge < -0.3 is 15.7 Å². The van der Waals surface area contributed by atoms with Crippen LogP contribution in [0.3, 0.4) is 0 Å². The van der Waals surface area contributed by atoms with Crippen molar-refractivity contribution in [2.24, 2.45) is 0 Å². The van der Waals surface area contributed by atoms with Crippen LogP contribution in [0.25, 0.3) is 0 Å². The van der Waals surface area contributed by atoms with Gasteiger partial charge in [-0.3, -0.25) is 4.90 Å². The molecule has 2 aliphatic heterocycles. The van der Waals surface area contributed by atoms with Crippen LogP contribution in [-0.4, -0.2) is 52.7 Å². The van der Waals surface area contributed by atoms with E-state index in [2.05, 4.69) is 21.7 Å². The van der Waals surface area contributed by atoms with Crippen LogP contribution in [0.2, 0.25) is 0 Å². The molecular weight excluding hydrogens is 268 g/mol. The molecule has 0 aliphatic carbocycles. The summed E-state index contributed by atoms with van der Waals surface area (Å²) in [5.74, 6) is -0.278. The van der Waals surface area contributed by atoms with Gasteiger partial charge in [-0.1, -0.05) is 6.42 Å². The van der Waals surface area contributed by atoms with E-state index >= 15 is 0 Å². The molecule has 6 nitrogen and oxygen atoms in total. The normalized spacial score (nSPS) is 26.4. The van der Waals surface area contributed by atoms with Crippen molar-refractivity contribution in [1.29, 1.82) is 0 Å². The van der Waals surface area contributed by atoms with Gasteiger partial charge in [0.05, 0.1) is 17.4 Å². The van der Waals surface area contributed by atoms with Gasteiger partial charge >= 0.3 is 5.97 Å². The average molecular weight is 290 g/mol. The van der Waals surface area contributed by atoms with Gasteiger partial charge in [0.25, 0.3) is 0 Å². The van der Waals surface area contributed by atoms with Crippen LogP contribution in [-0.2, 0) is 0 Å². The van der Waals surface area contributed by atoms with Crippen LogP contribution in [0.1, 0.15) is 36.5 Å². The number of carboxylic acids is 1. The zero-order chi connectivity index (χ0) is 15.0. The first kappa shape index (κ1) is 14.1. The van der Waals surface area contributed by atoms with Crippen LogP contribution in [0.15, 0.2) is 12.3 Å². The summed E-state index contributed by atoms with van der Waals surface area (Å²) in [6.07, 6.45) is 5.23. The number of nitrogen functional groups attached to an aromatic ring is 1. The van der Waals surface area contributed by atoms with E-state index in [4.69, 9.17) is 5.73 Å². The summed E-state index contributed by atoms with van der Waals surface area (Å²) in [4.78, 5) is 20.4. The summed E-state index contributed by atoms with van der Waals surface area (Å²) in [5.41, 5.74) is 6.05. The maximum absolute atomic E-state index is 11.2. The third-order valence-corrected chi connectivity index (χ3v) is 4.63. The number of piperidine rings is 1. The number of aromatic nitrogens is 1. The fourth-order valence-corrected chi connectivity index (χ4v) is 3.47. The molecule has 0 spiro atoms. The Hall–Kier alpha value is -1.82. The predicted molar refractivity (Wildman–Crippen MR) is 81.6 cm³/mol. The summed E-state index contributed by atoms with van der Waals surface area (Å²) < 4.78 is 0. The minimum Gasteiger partial charge on any atom is -0.478 e. The number of piperazine rings is 1. The molecule has 3 N–H and O–H groups in total. The van der Waals surface area contributed by atoms with Crippen molar-refractivity contribution in [3.63, 3.8) is 0 Å². The highest BCUT2D eigenvalue weighted by atomic mass is 16.4. The summed E-state index contributed by atoms with van der Waals surface area (Å²) in [6.45, 7) is 5.28. The lowest BCUT2D eigenvalue weighted by molar-refractivity contribution is 0.0698. The molecule has 1 aromatic rings. The maximum Gasteiger partial charge on any atom is 0.337 e. The van der Waals surface area contributed by atoms with Gasteiger partial charge in [-0.15, -0.1) is 0 Å². The largest absolute Gasteiger partial charge is 0.478 e. The fraction of sp³-hybridized carbons (Fsp3) is 0.600. The number of carboxylic acid groups (broad SMARTS) is 1. The molecule has 3 rings (SSSR count). The summed E-state index contributed by atoms with van der Waals surface area (Å²) in [6, 6.07) is 2.49. The standard InChI is InChI=1S/C15H22N4O2/c1-10-8-18-5-3-2-4-11(18)9-19(10)14-6-12(15(20)21)13(16)7-17-14/h6-7,10-11H,2-5,8-9,16H2,1H3,(H,20,21). The zero-order valence-corrected chi connectivity index (χ0v) is 12.3. The molecule has 2 saturated heterocycles. The van der Waals surface area contributed by atoms with Gasteiger partial charge in [0.1, 0.15) is 5.82 Å². The third-order valence-electron chi connectivity index (χ3n) is 4.63. The van der Waals surface area contributed by atoms with Crippen LogP contribution in [0.5, 0.6) is 0 Å². The minimum absolute atomic E-state index is 0.137. The molecule has 21 heavy (non-hydrogen) atoms. The van der Waals surface area contributed by atoms with Crippen molar-refractivity contribution in [3.05, 3.63) is 17.8 Å². The number of nitrogens with zero attached hydrogens (tertiary/aromatic N) is 3. The predicted octanol–water partition coefficient (Wildman–Crippen LogP) is 1.42. The smallest absolute Gasteiger partial charge is 0.337 e. The molecule has 0 bridgehead atoms. The van der Waals surface area contributed by atoms with Gasteiger partial charge in [0.2, 0.25) is 0 Å². The van der Waals surface area contributed by atoms with Crippen molar-refractivity contribution in [3.8, 4) is 0 Å². The van der Waals surface area contributed by atoms with E-state index in [-0.39, 0.29) is 11.3 Å². The molecule has 114 valence electrons. The zero-order valence-electron chi connectivity index (χ0n) is 12.3. The molecule has 2 fully saturated rings. The van der Waals surface area contributed by atoms with E-state index in [1.54, 1.807) is 6.07 Å². The number of nitrogens with two attached hydrogens (primary N) is 1.